The molecule has 0 radical (unpaired) electrons. The number of carbonyl (C=O) groups excluding carboxylic acids is 2. The lowest BCUT2D eigenvalue weighted by atomic mass is 9.75. The predicted octanol–water partition coefficient (Wildman–Crippen LogP) is 5.46. The summed E-state index contributed by atoms with van der Waals surface area (Å²) in [7, 11) is 0. The van der Waals surface area contributed by atoms with E-state index in [2.05, 4.69) is 4.98 Å². The predicted molar refractivity (Wildman–Crippen MR) is 152 cm³/mol. The van der Waals surface area contributed by atoms with Crippen molar-refractivity contribution < 1.29 is 14.7 Å². The maximum absolute atomic E-state index is 14.6. The molecule has 2 fully saturated rings. The highest BCUT2D eigenvalue weighted by molar-refractivity contribution is 6.14. The normalized spacial score (nSPS) is 15.8. The summed E-state index contributed by atoms with van der Waals surface area (Å²) in [4.78, 5) is 36.4. The minimum absolute atomic E-state index is 0.113. The number of amides is 3. The summed E-state index contributed by atoms with van der Waals surface area (Å²) in [6.45, 7) is -0.323. The molecule has 1 saturated carbocycles. The quantitative estimate of drug-likeness (QED) is 0.225. The molecule has 1 saturated heterocycles. The van der Waals surface area contributed by atoms with Gasteiger partial charge in [-0.25, -0.2) is 14.7 Å². The van der Waals surface area contributed by atoms with Crippen LogP contribution in [-0.2, 0) is 16.9 Å². The molecular weight excluding hydrogens is 500 g/mol. The number of aromatic nitrogens is 2. The first-order valence-corrected chi connectivity index (χ1v) is 13.5. The number of hydrogen-bond donors (Lipinski definition) is 1. The van der Waals surface area contributed by atoms with Crippen LogP contribution in [0.1, 0.15) is 46.7 Å². The summed E-state index contributed by atoms with van der Waals surface area (Å²) in [6, 6.07) is 30.8. The molecule has 1 aliphatic carbocycles. The van der Waals surface area contributed by atoms with E-state index in [-0.39, 0.29) is 19.1 Å². The number of rotatable bonds is 7. The zero-order valence-corrected chi connectivity index (χ0v) is 21.9. The summed E-state index contributed by atoms with van der Waals surface area (Å²) in [6.07, 6.45) is 5.98. The molecule has 0 unspecified atom stereocenters. The minimum Gasteiger partial charge on any atom is -0.390 e. The van der Waals surface area contributed by atoms with Crippen molar-refractivity contribution in [2.75, 3.05) is 11.4 Å². The van der Waals surface area contributed by atoms with Gasteiger partial charge >= 0.3 is 6.03 Å². The first kappa shape index (κ1) is 24.3. The van der Waals surface area contributed by atoms with Gasteiger partial charge < -0.3 is 9.51 Å². The first-order chi connectivity index (χ1) is 19.6. The molecule has 198 valence electrons. The van der Waals surface area contributed by atoms with Crippen LogP contribution in [0, 0.1) is 0 Å². The summed E-state index contributed by atoms with van der Waals surface area (Å²) < 4.78 is 1.87. The van der Waals surface area contributed by atoms with Gasteiger partial charge in [0, 0.05) is 12.4 Å². The van der Waals surface area contributed by atoms with Crippen molar-refractivity contribution in [3.8, 4) is 0 Å². The highest BCUT2D eigenvalue weighted by Crippen LogP contribution is 2.46. The topological polar surface area (TPSA) is 78.1 Å². The molecule has 3 aromatic carbocycles. The van der Waals surface area contributed by atoms with Gasteiger partial charge in [-0.2, -0.15) is 0 Å². The average molecular weight is 529 g/mol. The van der Waals surface area contributed by atoms with E-state index in [1.54, 1.807) is 11.1 Å². The number of benzene rings is 3. The van der Waals surface area contributed by atoms with Crippen molar-refractivity contribution in [3.63, 3.8) is 0 Å². The molecule has 7 rings (SSSR count). The zero-order chi connectivity index (χ0) is 27.3. The molecule has 40 heavy (non-hydrogen) atoms. The van der Waals surface area contributed by atoms with Crippen LogP contribution in [0.3, 0.4) is 0 Å². The molecule has 0 bridgehead atoms. The SMILES string of the molecule is O=C1CN(c2cc(C3CC3)cn3cc(CO)nc23)C(=O)N1C(c1ccccc1)(c1ccccc1)c1ccccc1. The molecule has 0 spiro atoms. The summed E-state index contributed by atoms with van der Waals surface area (Å²) in [5.41, 5.74) is 3.99. The number of urea groups is 1. The van der Waals surface area contributed by atoms with Gasteiger partial charge in [-0.1, -0.05) is 91.0 Å². The number of pyridine rings is 1. The van der Waals surface area contributed by atoms with E-state index in [0.29, 0.717) is 22.9 Å². The number of carbonyl (C=O) groups is 2. The summed E-state index contributed by atoms with van der Waals surface area (Å²) in [5.74, 6) is 0.121. The number of hydrogen-bond acceptors (Lipinski definition) is 4. The van der Waals surface area contributed by atoms with E-state index in [1.807, 2.05) is 108 Å². The number of fused-ring (bicyclic) bond motifs is 1. The Hall–Kier alpha value is -4.75. The molecule has 3 heterocycles. The number of imidazole rings is 1. The van der Waals surface area contributed by atoms with Gasteiger partial charge in [-0.3, -0.25) is 9.69 Å². The van der Waals surface area contributed by atoms with Crippen LogP contribution >= 0.6 is 0 Å². The maximum atomic E-state index is 14.6. The molecule has 7 heteroatoms. The van der Waals surface area contributed by atoms with Gasteiger partial charge in [0.25, 0.3) is 5.91 Å². The highest BCUT2D eigenvalue weighted by Gasteiger charge is 2.53. The van der Waals surface area contributed by atoms with Crippen molar-refractivity contribution in [2.45, 2.75) is 30.9 Å². The molecule has 2 aromatic heterocycles. The van der Waals surface area contributed by atoms with Crippen LogP contribution in [0.5, 0.6) is 0 Å². The number of aliphatic hydroxyl groups is 1. The van der Waals surface area contributed by atoms with Crippen LogP contribution in [0.25, 0.3) is 5.65 Å². The minimum atomic E-state index is -1.19. The third kappa shape index (κ3) is 3.73. The molecule has 0 atom stereocenters. The lowest BCUT2D eigenvalue weighted by molar-refractivity contribution is -0.127. The van der Waals surface area contributed by atoms with Gasteiger partial charge in [0.2, 0.25) is 0 Å². The van der Waals surface area contributed by atoms with Gasteiger partial charge in [0.15, 0.2) is 5.65 Å². The second-order valence-corrected chi connectivity index (χ2v) is 10.5. The Morgan fingerprint density at radius 1 is 0.800 bits per heavy atom. The lowest BCUT2D eigenvalue weighted by Gasteiger charge is -2.42. The number of aliphatic hydroxyl groups excluding tert-OH is 1. The first-order valence-electron chi connectivity index (χ1n) is 13.5. The van der Waals surface area contributed by atoms with Crippen LogP contribution in [0.15, 0.2) is 109 Å². The summed E-state index contributed by atoms with van der Waals surface area (Å²) >= 11 is 0. The zero-order valence-electron chi connectivity index (χ0n) is 21.9. The number of imide groups is 1. The van der Waals surface area contributed by atoms with E-state index in [4.69, 9.17) is 0 Å². The third-order valence-electron chi connectivity index (χ3n) is 7.98. The average Bonchev–Trinajstić information content (AvgIpc) is 3.71. The van der Waals surface area contributed by atoms with Crippen LogP contribution < -0.4 is 4.90 Å². The highest BCUT2D eigenvalue weighted by atomic mass is 16.3. The standard InChI is InChI=1S/C33H28N4O3/c38-22-28-20-35-19-24(23-16-17-23)18-29(31(35)34-28)36-21-30(39)37(32(36)40)33(25-10-4-1-5-11-25,26-12-6-2-7-13-26)27-14-8-3-9-15-27/h1-15,18-20,23,38H,16-17,21-22H2. The Kier molecular flexibility index (Phi) is 5.75. The van der Waals surface area contributed by atoms with E-state index < -0.39 is 11.6 Å². The fourth-order valence-electron chi connectivity index (χ4n) is 6.01. The lowest BCUT2D eigenvalue weighted by Crippen LogP contribution is -2.52. The Morgan fingerprint density at radius 2 is 1.35 bits per heavy atom. The van der Waals surface area contributed by atoms with Crippen molar-refractivity contribution >= 4 is 23.3 Å². The Bertz CT molecular complexity index is 1620. The third-order valence-corrected chi connectivity index (χ3v) is 7.98. The smallest absolute Gasteiger partial charge is 0.333 e. The van der Waals surface area contributed by atoms with Gasteiger partial charge in [0.05, 0.1) is 18.0 Å². The fourth-order valence-corrected chi connectivity index (χ4v) is 6.01. The Balaban J connectivity index is 1.45. The molecule has 7 nitrogen and oxygen atoms in total. The van der Waals surface area contributed by atoms with Crippen molar-refractivity contribution in [1.29, 1.82) is 0 Å². The van der Waals surface area contributed by atoms with Crippen LogP contribution in [-0.4, -0.2) is 37.9 Å². The van der Waals surface area contributed by atoms with E-state index in [0.717, 1.165) is 35.1 Å². The van der Waals surface area contributed by atoms with Gasteiger partial charge in [0.1, 0.15) is 12.1 Å². The van der Waals surface area contributed by atoms with Crippen LogP contribution in [0.4, 0.5) is 10.5 Å². The van der Waals surface area contributed by atoms with Crippen molar-refractivity contribution in [3.05, 3.63) is 137 Å². The fraction of sp³-hybridized carbons (Fsp3) is 0.182. The van der Waals surface area contributed by atoms with E-state index >= 15 is 0 Å². The molecular formula is C33H28N4O3. The Labute approximate surface area is 231 Å². The second-order valence-electron chi connectivity index (χ2n) is 10.5. The molecule has 1 N–H and O–H groups in total. The molecule has 1 aliphatic heterocycles. The molecule has 3 amide bonds. The van der Waals surface area contributed by atoms with Crippen molar-refractivity contribution in [1.82, 2.24) is 14.3 Å². The summed E-state index contributed by atoms with van der Waals surface area (Å²) in [5, 5.41) is 9.79. The second kappa shape index (κ2) is 9.47. The molecule has 5 aromatic rings. The Morgan fingerprint density at radius 3 is 1.85 bits per heavy atom. The van der Waals surface area contributed by atoms with Crippen molar-refractivity contribution in [2.24, 2.45) is 0 Å². The maximum Gasteiger partial charge on any atom is 0.333 e. The largest absolute Gasteiger partial charge is 0.390 e. The monoisotopic (exact) mass is 528 g/mol. The van der Waals surface area contributed by atoms with Gasteiger partial charge in [-0.05, 0) is 47.1 Å². The van der Waals surface area contributed by atoms with E-state index in [9.17, 15) is 14.7 Å². The number of nitrogens with zero attached hydrogens (tertiary/aromatic N) is 4. The van der Waals surface area contributed by atoms with Gasteiger partial charge in [-0.15, -0.1) is 0 Å². The molecule has 2 aliphatic rings. The van der Waals surface area contributed by atoms with E-state index in [1.165, 1.54) is 4.90 Å². The van der Waals surface area contributed by atoms with Crippen LogP contribution in [0.2, 0.25) is 0 Å². The number of anilines is 1.